The molecule has 0 spiro atoms. The first-order valence-electron chi connectivity index (χ1n) is 5.04. The van der Waals surface area contributed by atoms with Crippen LogP contribution in [0.2, 0.25) is 0 Å². The van der Waals surface area contributed by atoms with Gasteiger partial charge in [0.15, 0.2) is 5.96 Å². The maximum Gasteiger partial charge on any atom is 0.218 e. The van der Waals surface area contributed by atoms with Gasteiger partial charge in [0.2, 0.25) is 5.96 Å². The Morgan fingerprint density at radius 1 is 1.25 bits per heavy atom. The molecule has 1 heterocycles. The van der Waals surface area contributed by atoms with Crippen LogP contribution in [0.25, 0.3) is 0 Å². The smallest absolute Gasteiger partial charge is 0.218 e. The number of guanidine groups is 2. The second-order valence-electron chi connectivity index (χ2n) is 3.28. The molecule has 0 aromatic carbocycles. The Hall–Kier alpha value is -2.05. The normalized spacial score (nSPS) is 11.4. The van der Waals surface area contributed by atoms with Gasteiger partial charge in [-0.2, -0.15) is 4.99 Å². The molecule has 7 nitrogen and oxygen atoms in total. The quantitative estimate of drug-likeness (QED) is 0.345. The molecule has 0 radical (unpaired) electrons. The van der Waals surface area contributed by atoms with Crippen molar-refractivity contribution in [1.82, 2.24) is 9.55 Å². The molecular weight excluding hydrogens is 206 g/mol. The zero-order chi connectivity index (χ0) is 11.8. The summed E-state index contributed by atoms with van der Waals surface area (Å²) in [6, 6.07) is 0. The van der Waals surface area contributed by atoms with Crippen LogP contribution in [-0.4, -0.2) is 28.0 Å². The second-order valence-corrected chi connectivity index (χ2v) is 3.28. The van der Waals surface area contributed by atoms with Gasteiger partial charge in [-0.3, -0.25) is 4.99 Å². The molecule has 1 aromatic heterocycles. The number of aliphatic imine (C=N–C) groups is 2. The van der Waals surface area contributed by atoms with Crippen LogP contribution in [-0.2, 0) is 6.54 Å². The summed E-state index contributed by atoms with van der Waals surface area (Å²) in [6.07, 6.45) is 7.41. The highest BCUT2D eigenvalue weighted by Crippen LogP contribution is 1.95. The molecule has 0 saturated heterocycles. The lowest BCUT2D eigenvalue weighted by atomic mass is 10.3. The number of hydrogen-bond acceptors (Lipinski definition) is 2. The maximum absolute atomic E-state index is 5.44. The summed E-state index contributed by atoms with van der Waals surface area (Å²) in [4.78, 5) is 11.6. The number of aryl methyl sites for hydroxylation is 1. The Labute approximate surface area is 94.1 Å². The van der Waals surface area contributed by atoms with E-state index in [1.54, 1.807) is 12.5 Å². The molecule has 0 saturated carbocycles. The Morgan fingerprint density at radius 2 is 2.06 bits per heavy atom. The fraction of sp³-hybridized carbons (Fsp3) is 0.444. The van der Waals surface area contributed by atoms with Crippen LogP contribution in [0.3, 0.4) is 0 Å². The van der Waals surface area contributed by atoms with Crippen LogP contribution in [0.15, 0.2) is 28.7 Å². The van der Waals surface area contributed by atoms with Crippen molar-refractivity contribution in [3.8, 4) is 0 Å². The van der Waals surface area contributed by atoms with Gasteiger partial charge in [-0.15, -0.1) is 0 Å². The molecule has 0 aliphatic rings. The van der Waals surface area contributed by atoms with E-state index in [1.807, 2.05) is 10.8 Å². The van der Waals surface area contributed by atoms with E-state index in [-0.39, 0.29) is 11.9 Å². The second kappa shape index (κ2) is 6.44. The maximum atomic E-state index is 5.44. The van der Waals surface area contributed by atoms with Crippen molar-refractivity contribution >= 4 is 11.9 Å². The fourth-order valence-corrected chi connectivity index (χ4v) is 1.19. The molecule has 0 bridgehead atoms. The molecule has 16 heavy (non-hydrogen) atoms. The predicted molar refractivity (Wildman–Crippen MR) is 63.8 cm³/mol. The number of unbranched alkanes of at least 4 members (excludes halogenated alkanes) is 1. The first kappa shape index (κ1) is 12.0. The van der Waals surface area contributed by atoms with Crippen LogP contribution in [0, 0.1) is 0 Å². The summed E-state index contributed by atoms with van der Waals surface area (Å²) in [5, 5.41) is 0. The van der Waals surface area contributed by atoms with E-state index in [4.69, 9.17) is 17.2 Å². The minimum Gasteiger partial charge on any atom is -0.370 e. The van der Waals surface area contributed by atoms with Crippen LogP contribution in [0.4, 0.5) is 0 Å². The van der Waals surface area contributed by atoms with Crippen LogP contribution >= 0.6 is 0 Å². The van der Waals surface area contributed by atoms with E-state index >= 15 is 0 Å². The van der Waals surface area contributed by atoms with E-state index in [0.717, 1.165) is 19.4 Å². The molecular formula is C9H17N7. The lowest BCUT2D eigenvalue weighted by Crippen LogP contribution is -2.26. The Morgan fingerprint density at radius 3 is 2.69 bits per heavy atom. The number of imidazole rings is 1. The van der Waals surface area contributed by atoms with Gasteiger partial charge in [-0.05, 0) is 12.8 Å². The molecule has 0 aliphatic carbocycles. The molecule has 0 aliphatic heterocycles. The van der Waals surface area contributed by atoms with Gasteiger partial charge >= 0.3 is 0 Å². The number of hydrogen-bond donors (Lipinski definition) is 3. The highest BCUT2D eigenvalue weighted by atomic mass is 15.1. The first-order valence-corrected chi connectivity index (χ1v) is 5.04. The van der Waals surface area contributed by atoms with Crippen molar-refractivity contribution in [2.75, 3.05) is 6.54 Å². The summed E-state index contributed by atoms with van der Waals surface area (Å²) in [6.45, 7) is 1.55. The van der Waals surface area contributed by atoms with Crippen molar-refractivity contribution < 1.29 is 0 Å². The molecule has 1 aromatic rings. The van der Waals surface area contributed by atoms with Gasteiger partial charge in [0, 0.05) is 25.5 Å². The standard InChI is InChI=1S/C9H17N7/c10-8(11)15-9(12)14-3-1-2-5-16-6-4-13-7-16/h4,6-7H,1-3,5H2,(H6,10,11,12,14,15). The Bertz CT molecular complexity index is 348. The molecule has 7 heteroatoms. The first-order chi connectivity index (χ1) is 7.68. The minimum absolute atomic E-state index is 0.0698. The van der Waals surface area contributed by atoms with Crippen molar-refractivity contribution in [2.45, 2.75) is 19.4 Å². The third kappa shape index (κ3) is 4.99. The molecule has 0 fully saturated rings. The monoisotopic (exact) mass is 223 g/mol. The fourth-order valence-electron chi connectivity index (χ4n) is 1.19. The summed E-state index contributed by atoms with van der Waals surface area (Å²) in [5.41, 5.74) is 15.7. The van der Waals surface area contributed by atoms with Gasteiger partial charge in [0.05, 0.1) is 6.33 Å². The van der Waals surface area contributed by atoms with Gasteiger partial charge in [0.1, 0.15) is 0 Å². The minimum atomic E-state index is -0.0698. The Balaban J connectivity index is 2.14. The van der Waals surface area contributed by atoms with Crippen molar-refractivity contribution in [3.05, 3.63) is 18.7 Å². The van der Waals surface area contributed by atoms with Crippen LogP contribution < -0.4 is 17.2 Å². The van der Waals surface area contributed by atoms with Gasteiger partial charge in [-0.25, -0.2) is 4.98 Å². The van der Waals surface area contributed by atoms with Crippen molar-refractivity contribution in [2.24, 2.45) is 27.2 Å². The van der Waals surface area contributed by atoms with E-state index in [9.17, 15) is 0 Å². The number of nitrogens with zero attached hydrogens (tertiary/aromatic N) is 4. The average molecular weight is 223 g/mol. The third-order valence-electron chi connectivity index (χ3n) is 1.90. The summed E-state index contributed by atoms with van der Waals surface area (Å²) >= 11 is 0. The molecule has 0 amide bonds. The topological polar surface area (TPSA) is 121 Å². The molecule has 0 atom stereocenters. The van der Waals surface area contributed by atoms with Gasteiger partial charge < -0.3 is 21.8 Å². The number of nitrogens with two attached hydrogens (primary N) is 3. The predicted octanol–water partition coefficient (Wildman–Crippen LogP) is -0.749. The molecule has 0 unspecified atom stereocenters. The summed E-state index contributed by atoms with van der Waals surface area (Å²) in [5.74, 6) is 0.0577. The zero-order valence-corrected chi connectivity index (χ0v) is 9.08. The van der Waals surface area contributed by atoms with Gasteiger partial charge in [-0.1, -0.05) is 0 Å². The van der Waals surface area contributed by atoms with E-state index in [2.05, 4.69) is 15.0 Å². The van der Waals surface area contributed by atoms with E-state index in [0.29, 0.717) is 6.54 Å². The van der Waals surface area contributed by atoms with Crippen LogP contribution in [0.5, 0.6) is 0 Å². The summed E-state index contributed by atoms with van der Waals surface area (Å²) in [7, 11) is 0. The lowest BCUT2D eigenvalue weighted by molar-refractivity contribution is 0.615. The van der Waals surface area contributed by atoms with Gasteiger partial charge in [0.25, 0.3) is 0 Å². The highest BCUT2D eigenvalue weighted by molar-refractivity contribution is 5.92. The highest BCUT2D eigenvalue weighted by Gasteiger charge is 1.92. The van der Waals surface area contributed by atoms with E-state index < -0.39 is 0 Å². The summed E-state index contributed by atoms with van der Waals surface area (Å²) < 4.78 is 2.02. The lowest BCUT2D eigenvalue weighted by Gasteiger charge is -2.00. The largest absolute Gasteiger partial charge is 0.370 e. The van der Waals surface area contributed by atoms with Crippen LogP contribution in [0.1, 0.15) is 12.8 Å². The van der Waals surface area contributed by atoms with E-state index in [1.165, 1.54) is 0 Å². The average Bonchev–Trinajstić information content (AvgIpc) is 2.68. The number of aromatic nitrogens is 2. The van der Waals surface area contributed by atoms with Crippen molar-refractivity contribution in [1.29, 1.82) is 0 Å². The van der Waals surface area contributed by atoms with Crippen molar-refractivity contribution in [3.63, 3.8) is 0 Å². The molecule has 6 N–H and O–H groups in total. The molecule has 1 rings (SSSR count). The Kier molecular flexibility index (Phi) is 4.84. The third-order valence-corrected chi connectivity index (χ3v) is 1.90. The SMILES string of the molecule is NC(N)=NC(N)=NCCCCn1ccnc1. The zero-order valence-electron chi connectivity index (χ0n) is 9.08. The number of rotatable bonds is 5. The molecule has 88 valence electrons.